The van der Waals surface area contributed by atoms with Crippen molar-refractivity contribution in [2.75, 3.05) is 4.72 Å². The summed E-state index contributed by atoms with van der Waals surface area (Å²) >= 11 is 0. The first-order valence-corrected chi connectivity index (χ1v) is 6.64. The van der Waals surface area contributed by atoms with Gasteiger partial charge in [0.2, 0.25) is 0 Å². The van der Waals surface area contributed by atoms with Crippen molar-refractivity contribution < 1.29 is 18.3 Å². The Morgan fingerprint density at radius 3 is 2.67 bits per heavy atom. The Labute approximate surface area is 105 Å². The SMILES string of the molecule is C=Cc1cc(CCC(=O)O)ccc1NS(N)(=O)=O. The lowest BCUT2D eigenvalue weighted by Crippen LogP contribution is -2.22. The first-order chi connectivity index (χ1) is 8.31. The van der Waals surface area contributed by atoms with Crippen molar-refractivity contribution in [2.24, 2.45) is 5.14 Å². The van der Waals surface area contributed by atoms with Crippen LogP contribution in [-0.4, -0.2) is 19.5 Å². The Morgan fingerprint density at radius 2 is 2.17 bits per heavy atom. The van der Waals surface area contributed by atoms with Gasteiger partial charge in [0.25, 0.3) is 10.2 Å². The fourth-order valence-corrected chi connectivity index (χ4v) is 1.93. The minimum atomic E-state index is -3.84. The van der Waals surface area contributed by atoms with Crippen molar-refractivity contribution in [3.63, 3.8) is 0 Å². The van der Waals surface area contributed by atoms with Crippen molar-refractivity contribution in [1.29, 1.82) is 0 Å². The normalized spacial score (nSPS) is 10.9. The summed E-state index contributed by atoms with van der Waals surface area (Å²) in [6.07, 6.45) is 1.85. The molecule has 0 atom stereocenters. The highest BCUT2D eigenvalue weighted by molar-refractivity contribution is 7.90. The van der Waals surface area contributed by atoms with Gasteiger partial charge < -0.3 is 5.11 Å². The molecule has 0 saturated heterocycles. The lowest BCUT2D eigenvalue weighted by molar-refractivity contribution is -0.136. The minimum absolute atomic E-state index is 0.0124. The zero-order chi connectivity index (χ0) is 13.8. The molecule has 6 nitrogen and oxygen atoms in total. The van der Waals surface area contributed by atoms with E-state index in [1.165, 1.54) is 12.1 Å². The molecule has 1 aromatic rings. The minimum Gasteiger partial charge on any atom is -0.481 e. The van der Waals surface area contributed by atoms with Crippen molar-refractivity contribution in [2.45, 2.75) is 12.8 Å². The first kappa shape index (κ1) is 14.2. The Kier molecular flexibility index (Phi) is 4.46. The molecule has 0 aromatic heterocycles. The predicted octanol–water partition coefficient (Wildman–Crippen LogP) is 0.962. The summed E-state index contributed by atoms with van der Waals surface area (Å²) in [5.74, 6) is -0.887. The molecule has 0 heterocycles. The van der Waals surface area contributed by atoms with E-state index in [9.17, 15) is 13.2 Å². The number of anilines is 1. The van der Waals surface area contributed by atoms with Gasteiger partial charge in [-0.2, -0.15) is 8.42 Å². The molecular formula is C11H14N2O4S. The van der Waals surface area contributed by atoms with Gasteiger partial charge >= 0.3 is 5.97 Å². The molecule has 0 radical (unpaired) electrons. The van der Waals surface area contributed by atoms with Crippen LogP contribution in [0.1, 0.15) is 17.5 Å². The van der Waals surface area contributed by atoms with E-state index in [-0.39, 0.29) is 6.42 Å². The highest BCUT2D eigenvalue weighted by Crippen LogP contribution is 2.20. The second-order valence-electron chi connectivity index (χ2n) is 3.67. The van der Waals surface area contributed by atoms with Gasteiger partial charge in [0, 0.05) is 6.42 Å². The van der Waals surface area contributed by atoms with Gasteiger partial charge in [-0.15, -0.1) is 0 Å². The first-order valence-electron chi connectivity index (χ1n) is 5.09. The van der Waals surface area contributed by atoms with E-state index in [1.54, 1.807) is 12.1 Å². The van der Waals surface area contributed by atoms with Crippen molar-refractivity contribution in [3.05, 3.63) is 35.9 Å². The van der Waals surface area contributed by atoms with Gasteiger partial charge in [0.15, 0.2) is 0 Å². The zero-order valence-corrected chi connectivity index (χ0v) is 10.4. The van der Waals surface area contributed by atoms with E-state index in [1.807, 2.05) is 0 Å². The molecule has 0 aliphatic carbocycles. The molecule has 0 amide bonds. The van der Waals surface area contributed by atoms with E-state index < -0.39 is 16.2 Å². The van der Waals surface area contributed by atoms with Crippen LogP contribution in [0.3, 0.4) is 0 Å². The molecule has 1 rings (SSSR count). The van der Waals surface area contributed by atoms with Gasteiger partial charge in [0.1, 0.15) is 0 Å². The van der Waals surface area contributed by atoms with Crippen LogP contribution in [0.2, 0.25) is 0 Å². The van der Waals surface area contributed by atoms with Crippen LogP contribution >= 0.6 is 0 Å². The fourth-order valence-electron chi connectivity index (χ4n) is 1.43. The molecule has 0 fully saturated rings. The van der Waals surface area contributed by atoms with Crippen LogP contribution in [0.4, 0.5) is 5.69 Å². The van der Waals surface area contributed by atoms with Crippen LogP contribution < -0.4 is 9.86 Å². The molecule has 0 unspecified atom stereocenters. The van der Waals surface area contributed by atoms with Crippen LogP contribution in [0.5, 0.6) is 0 Å². The van der Waals surface area contributed by atoms with Crippen LogP contribution in [0.15, 0.2) is 24.8 Å². The second-order valence-corrected chi connectivity index (χ2v) is 4.96. The van der Waals surface area contributed by atoms with Crippen molar-refractivity contribution in [1.82, 2.24) is 0 Å². The van der Waals surface area contributed by atoms with E-state index in [0.717, 1.165) is 5.56 Å². The average molecular weight is 270 g/mol. The van der Waals surface area contributed by atoms with Crippen LogP contribution in [-0.2, 0) is 21.4 Å². The molecule has 1 aromatic carbocycles. The van der Waals surface area contributed by atoms with E-state index in [4.69, 9.17) is 10.2 Å². The molecule has 98 valence electrons. The lowest BCUT2D eigenvalue weighted by atomic mass is 10.0. The van der Waals surface area contributed by atoms with Crippen LogP contribution in [0, 0.1) is 0 Å². The summed E-state index contributed by atoms with van der Waals surface area (Å²) in [5, 5.41) is 13.5. The molecule has 0 aliphatic rings. The van der Waals surface area contributed by atoms with E-state index >= 15 is 0 Å². The highest BCUT2D eigenvalue weighted by Gasteiger charge is 2.07. The van der Waals surface area contributed by atoms with Gasteiger partial charge in [-0.1, -0.05) is 18.7 Å². The van der Waals surface area contributed by atoms with Gasteiger partial charge in [-0.05, 0) is 29.7 Å². The summed E-state index contributed by atoms with van der Waals surface area (Å²) in [5.41, 5.74) is 1.64. The molecule has 0 saturated carbocycles. The smallest absolute Gasteiger partial charge is 0.303 e. The summed E-state index contributed by atoms with van der Waals surface area (Å²) in [4.78, 5) is 10.5. The Balaban J connectivity index is 2.96. The van der Waals surface area contributed by atoms with Crippen molar-refractivity contribution >= 4 is 27.9 Å². The number of hydrogen-bond donors (Lipinski definition) is 3. The fraction of sp³-hybridized carbons (Fsp3) is 0.182. The quantitative estimate of drug-likeness (QED) is 0.715. The number of nitrogens with two attached hydrogens (primary N) is 1. The summed E-state index contributed by atoms with van der Waals surface area (Å²) in [6, 6.07) is 4.84. The molecule has 7 heteroatoms. The average Bonchev–Trinajstić information content (AvgIpc) is 2.25. The Bertz CT molecular complexity index is 566. The van der Waals surface area contributed by atoms with Gasteiger partial charge in [-0.25, -0.2) is 5.14 Å². The number of hydrogen-bond acceptors (Lipinski definition) is 3. The third-order valence-corrected chi connectivity index (χ3v) is 2.72. The summed E-state index contributed by atoms with van der Waals surface area (Å²) in [6.45, 7) is 3.57. The largest absolute Gasteiger partial charge is 0.481 e. The second kappa shape index (κ2) is 5.65. The summed E-state index contributed by atoms with van der Waals surface area (Å²) < 4.78 is 24.0. The number of carboxylic acid groups (broad SMARTS) is 1. The lowest BCUT2D eigenvalue weighted by Gasteiger charge is -2.09. The van der Waals surface area contributed by atoms with E-state index in [2.05, 4.69) is 11.3 Å². The maximum absolute atomic E-state index is 10.9. The Morgan fingerprint density at radius 1 is 1.50 bits per heavy atom. The van der Waals surface area contributed by atoms with Gasteiger partial charge in [0.05, 0.1) is 5.69 Å². The number of carbonyl (C=O) groups is 1. The van der Waals surface area contributed by atoms with Crippen molar-refractivity contribution in [3.8, 4) is 0 Å². The topological polar surface area (TPSA) is 109 Å². The summed E-state index contributed by atoms with van der Waals surface area (Å²) in [7, 11) is -3.84. The Hall–Kier alpha value is -1.86. The number of aryl methyl sites for hydroxylation is 1. The molecule has 4 N–H and O–H groups in total. The van der Waals surface area contributed by atoms with Gasteiger partial charge in [-0.3, -0.25) is 9.52 Å². The highest BCUT2D eigenvalue weighted by atomic mass is 32.2. The number of aliphatic carboxylic acids is 1. The third kappa shape index (κ3) is 4.56. The molecule has 0 spiro atoms. The molecule has 0 bridgehead atoms. The molecule has 0 aliphatic heterocycles. The maximum atomic E-state index is 10.9. The number of rotatable bonds is 6. The molecular weight excluding hydrogens is 256 g/mol. The zero-order valence-electron chi connectivity index (χ0n) is 9.59. The maximum Gasteiger partial charge on any atom is 0.303 e. The number of benzene rings is 1. The van der Waals surface area contributed by atoms with E-state index in [0.29, 0.717) is 17.7 Å². The standard InChI is InChI=1S/C11H14N2O4S/c1-2-9-7-8(4-6-11(14)15)3-5-10(9)13-18(12,16)17/h2-3,5,7,13H,1,4,6H2,(H,14,15)(H2,12,16,17). The molecule has 18 heavy (non-hydrogen) atoms. The predicted molar refractivity (Wildman–Crippen MR) is 69.2 cm³/mol. The number of nitrogens with one attached hydrogen (secondary N) is 1. The monoisotopic (exact) mass is 270 g/mol. The van der Waals surface area contributed by atoms with Crippen LogP contribution in [0.25, 0.3) is 6.08 Å². The third-order valence-electron chi connectivity index (χ3n) is 2.22. The number of carboxylic acids is 1.